The molecule has 1 aliphatic carbocycles. The van der Waals surface area contributed by atoms with Crippen molar-refractivity contribution in [2.45, 2.75) is 70.4 Å². The van der Waals surface area contributed by atoms with Gasteiger partial charge in [0.25, 0.3) is 0 Å². The summed E-state index contributed by atoms with van der Waals surface area (Å²) in [6, 6.07) is -0.288. The molecule has 108 valence electrons. The zero-order valence-electron chi connectivity index (χ0n) is 12.4. The molecule has 4 heteroatoms. The average molecular weight is 266 g/mol. The van der Waals surface area contributed by atoms with E-state index in [1.54, 1.807) is 11.9 Å². The maximum atomic E-state index is 12.6. The van der Waals surface area contributed by atoms with Gasteiger partial charge in [0, 0.05) is 7.05 Å². The monoisotopic (exact) mass is 266 g/mol. The topological polar surface area (TPSA) is 49.4 Å². The van der Waals surface area contributed by atoms with E-state index in [9.17, 15) is 9.59 Å². The molecule has 2 fully saturated rings. The fraction of sp³-hybridized carbons (Fsp3) is 0.867. The van der Waals surface area contributed by atoms with E-state index < -0.39 is 5.54 Å². The Morgan fingerprint density at radius 3 is 2.26 bits per heavy atom. The molecule has 1 saturated heterocycles. The molecule has 0 aromatic heterocycles. The van der Waals surface area contributed by atoms with Crippen molar-refractivity contribution in [2.75, 3.05) is 7.05 Å². The minimum Gasteiger partial charge on any atom is -0.342 e. The average Bonchev–Trinajstić information content (AvgIpc) is 2.45. The largest absolute Gasteiger partial charge is 0.342 e. The zero-order chi connectivity index (χ0) is 14.0. The number of nitrogens with one attached hydrogen (secondary N) is 1. The number of nitrogens with zero attached hydrogens (tertiary/aromatic N) is 1. The molecule has 0 radical (unpaired) electrons. The van der Waals surface area contributed by atoms with Gasteiger partial charge in [0.15, 0.2) is 0 Å². The van der Waals surface area contributed by atoms with Crippen molar-refractivity contribution in [3.05, 3.63) is 0 Å². The van der Waals surface area contributed by atoms with Gasteiger partial charge in [0.05, 0.1) is 0 Å². The van der Waals surface area contributed by atoms with Crippen molar-refractivity contribution < 1.29 is 9.59 Å². The molecule has 2 amide bonds. The second-order valence-corrected chi connectivity index (χ2v) is 5.99. The SMILES string of the molecule is CCC1(CC)C(=O)NC(C2CCCCC2)C(=O)N1C. The van der Waals surface area contributed by atoms with E-state index >= 15 is 0 Å². The van der Waals surface area contributed by atoms with Crippen LogP contribution in [0.15, 0.2) is 0 Å². The summed E-state index contributed by atoms with van der Waals surface area (Å²) in [5.41, 5.74) is -0.637. The molecule has 0 aromatic carbocycles. The van der Waals surface area contributed by atoms with Crippen LogP contribution >= 0.6 is 0 Å². The minimum absolute atomic E-state index is 0.0372. The highest BCUT2D eigenvalue weighted by molar-refractivity contribution is 5.99. The van der Waals surface area contributed by atoms with Crippen molar-refractivity contribution in [3.8, 4) is 0 Å². The van der Waals surface area contributed by atoms with E-state index in [-0.39, 0.29) is 17.9 Å². The van der Waals surface area contributed by atoms with E-state index in [2.05, 4.69) is 5.32 Å². The van der Waals surface area contributed by atoms with Crippen LogP contribution in [-0.4, -0.2) is 35.3 Å². The van der Waals surface area contributed by atoms with Crippen molar-refractivity contribution in [1.82, 2.24) is 10.2 Å². The third-order valence-corrected chi connectivity index (χ3v) is 5.24. The lowest BCUT2D eigenvalue weighted by atomic mass is 9.79. The summed E-state index contributed by atoms with van der Waals surface area (Å²) in [6.07, 6.45) is 7.10. The van der Waals surface area contributed by atoms with Crippen LogP contribution in [0.3, 0.4) is 0 Å². The highest BCUT2D eigenvalue weighted by atomic mass is 16.2. The van der Waals surface area contributed by atoms with Gasteiger partial charge in [0.1, 0.15) is 11.6 Å². The van der Waals surface area contributed by atoms with Crippen molar-refractivity contribution in [1.29, 1.82) is 0 Å². The molecule has 19 heavy (non-hydrogen) atoms. The minimum atomic E-state index is -0.637. The molecule has 0 aromatic rings. The molecule has 0 spiro atoms. The van der Waals surface area contributed by atoms with Gasteiger partial charge in [-0.05, 0) is 31.6 Å². The second-order valence-electron chi connectivity index (χ2n) is 5.99. The lowest BCUT2D eigenvalue weighted by Crippen LogP contribution is -2.70. The standard InChI is InChI=1S/C15H26N2O2/c1-4-15(5-2)14(19)16-12(13(18)17(15)3)11-9-7-6-8-10-11/h11-12H,4-10H2,1-3H3,(H,16,19). The van der Waals surface area contributed by atoms with Gasteiger partial charge in [-0.1, -0.05) is 33.1 Å². The maximum Gasteiger partial charge on any atom is 0.246 e. The summed E-state index contributed by atoms with van der Waals surface area (Å²) in [6.45, 7) is 3.96. The van der Waals surface area contributed by atoms with E-state index in [4.69, 9.17) is 0 Å². The summed E-state index contributed by atoms with van der Waals surface area (Å²) in [4.78, 5) is 26.8. The van der Waals surface area contributed by atoms with Gasteiger partial charge >= 0.3 is 0 Å². The number of hydrogen-bond donors (Lipinski definition) is 1. The van der Waals surface area contributed by atoms with Crippen molar-refractivity contribution >= 4 is 11.8 Å². The predicted molar refractivity (Wildman–Crippen MR) is 74.6 cm³/mol. The van der Waals surface area contributed by atoms with Crippen molar-refractivity contribution in [2.24, 2.45) is 5.92 Å². The van der Waals surface area contributed by atoms with Gasteiger partial charge in [-0.2, -0.15) is 0 Å². The van der Waals surface area contributed by atoms with Crippen LogP contribution in [0.1, 0.15) is 58.8 Å². The molecule has 1 saturated carbocycles. The summed E-state index contributed by atoms with van der Waals surface area (Å²) in [5.74, 6) is 0.477. The molecule has 1 N–H and O–H groups in total. The van der Waals surface area contributed by atoms with Crippen LogP contribution in [0.4, 0.5) is 0 Å². The Morgan fingerprint density at radius 1 is 1.16 bits per heavy atom. The third-order valence-electron chi connectivity index (χ3n) is 5.24. The normalized spacial score (nSPS) is 28.4. The number of carbonyl (C=O) groups excluding carboxylic acids is 2. The zero-order valence-corrected chi connectivity index (χ0v) is 12.4. The summed E-state index contributed by atoms with van der Waals surface area (Å²) >= 11 is 0. The van der Waals surface area contributed by atoms with Gasteiger partial charge in [-0.25, -0.2) is 0 Å². The molecular formula is C15H26N2O2. The summed E-state index contributed by atoms with van der Waals surface area (Å²) in [5, 5.41) is 3.03. The van der Waals surface area contributed by atoms with E-state index in [1.807, 2.05) is 13.8 Å². The molecule has 1 aliphatic heterocycles. The highest BCUT2D eigenvalue weighted by Gasteiger charge is 2.50. The van der Waals surface area contributed by atoms with E-state index in [1.165, 1.54) is 19.3 Å². The molecule has 1 heterocycles. The molecule has 2 rings (SSSR count). The third kappa shape index (κ3) is 2.26. The Kier molecular flexibility index (Phi) is 4.16. The van der Waals surface area contributed by atoms with Crippen LogP contribution in [0.2, 0.25) is 0 Å². The second kappa shape index (κ2) is 5.51. The Morgan fingerprint density at radius 2 is 1.74 bits per heavy atom. The lowest BCUT2D eigenvalue weighted by Gasteiger charge is -2.47. The first-order valence-corrected chi connectivity index (χ1v) is 7.65. The van der Waals surface area contributed by atoms with Crippen LogP contribution < -0.4 is 5.32 Å². The number of hydrogen-bond acceptors (Lipinski definition) is 2. The fourth-order valence-electron chi connectivity index (χ4n) is 3.74. The first-order chi connectivity index (χ1) is 9.06. The molecule has 2 aliphatic rings. The Balaban J connectivity index is 2.19. The smallest absolute Gasteiger partial charge is 0.246 e. The number of piperazine rings is 1. The van der Waals surface area contributed by atoms with Crippen LogP contribution in [0.5, 0.6) is 0 Å². The van der Waals surface area contributed by atoms with Gasteiger partial charge in [-0.15, -0.1) is 0 Å². The van der Waals surface area contributed by atoms with Crippen molar-refractivity contribution in [3.63, 3.8) is 0 Å². The van der Waals surface area contributed by atoms with Crippen LogP contribution in [0.25, 0.3) is 0 Å². The number of likely N-dealkylation sites (N-methyl/N-ethyl adjacent to an activating group) is 1. The van der Waals surface area contributed by atoms with Crippen LogP contribution in [-0.2, 0) is 9.59 Å². The van der Waals surface area contributed by atoms with E-state index in [0.717, 1.165) is 12.8 Å². The fourth-order valence-corrected chi connectivity index (χ4v) is 3.74. The highest BCUT2D eigenvalue weighted by Crippen LogP contribution is 2.33. The Labute approximate surface area is 115 Å². The molecule has 4 nitrogen and oxygen atoms in total. The lowest BCUT2D eigenvalue weighted by molar-refractivity contribution is -0.158. The quantitative estimate of drug-likeness (QED) is 0.850. The van der Waals surface area contributed by atoms with Crippen LogP contribution in [0, 0.1) is 5.92 Å². The Hall–Kier alpha value is -1.06. The number of carbonyl (C=O) groups is 2. The molecular weight excluding hydrogens is 240 g/mol. The predicted octanol–water partition coefficient (Wildman–Crippen LogP) is 2.08. The number of rotatable bonds is 3. The van der Waals surface area contributed by atoms with E-state index in [0.29, 0.717) is 18.8 Å². The first kappa shape index (κ1) is 14.4. The van der Waals surface area contributed by atoms with Gasteiger partial charge in [0.2, 0.25) is 11.8 Å². The number of amides is 2. The molecule has 1 atom stereocenters. The summed E-state index contributed by atoms with van der Waals surface area (Å²) < 4.78 is 0. The summed E-state index contributed by atoms with van der Waals surface area (Å²) in [7, 11) is 1.80. The molecule has 1 unspecified atom stereocenters. The van der Waals surface area contributed by atoms with Gasteiger partial charge < -0.3 is 10.2 Å². The maximum absolute atomic E-state index is 12.6. The molecule has 0 bridgehead atoms. The van der Waals surface area contributed by atoms with Gasteiger partial charge in [-0.3, -0.25) is 9.59 Å². The Bertz CT molecular complexity index is 357. The first-order valence-electron chi connectivity index (χ1n) is 7.65.